The van der Waals surface area contributed by atoms with Gasteiger partial charge in [-0.05, 0) is 25.2 Å². The summed E-state index contributed by atoms with van der Waals surface area (Å²) in [4.78, 5) is 24.8. The number of hydrogen-bond acceptors (Lipinski definition) is 3. The highest BCUT2D eigenvalue weighted by atomic mass is 16.5. The monoisotopic (exact) mass is 241 g/mol. The lowest BCUT2D eigenvalue weighted by molar-refractivity contribution is -0.146. The van der Waals surface area contributed by atoms with Crippen LogP contribution in [0.5, 0.6) is 0 Å². The van der Waals surface area contributed by atoms with Gasteiger partial charge in [0.15, 0.2) is 0 Å². The Morgan fingerprint density at radius 2 is 1.76 bits per heavy atom. The third-order valence-corrected chi connectivity index (χ3v) is 3.32. The van der Waals surface area contributed by atoms with E-state index >= 15 is 0 Å². The van der Waals surface area contributed by atoms with Crippen LogP contribution in [0.4, 0.5) is 0 Å². The first-order valence-electron chi connectivity index (χ1n) is 6.38. The molecule has 0 N–H and O–H groups in total. The zero-order chi connectivity index (χ0) is 12.9. The van der Waals surface area contributed by atoms with E-state index in [1.165, 1.54) is 0 Å². The number of esters is 1. The molecule has 0 unspecified atom stereocenters. The van der Waals surface area contributed by atoms with Crippen molar-refractivity contribution in [3.8, 4) is 0 Å². The van der Waals surface area contributed by atoms with Gasteiger partial charge in [-0.1, -0.05) is 13.8 Å². The number of likely N-dealkylation sites (tertiary alicyclic amines) is 1. The molecule has 4 heteroatoms. The largest absolute Gasteiger partial charge is 0.466 e. The average Bonchev–Trinajstić information content (AvgIpc) is 2.26. The van der Waals surface area contributed by atoms with E-state index in [-0.39, 0.29) is 24.7 Å². The van der Waals surface area contributed by atoms with Crippen molar-refractivity contribution in [2.75, 3.05) is 19.7 Å². The van der Waals surface area contributed by atoms with Gasteiger partial charge >= 0.3 is 5.97 Å². The Morgan fingerprint density at radius 3 is 2.29 bits per heavy atom. The first-order chi connectivity index (χ1) is 7.94. The number of ether oxygens (including phenoxy) is 1. The summed E-state index contributed by atoms with van der Waals surface area (Å²) in [5.74, 6) is -0.202. The summed E-state index contributed by atoms with van der Waals surface area (Å²) in [6, 6.07) is 0. The number of amides is 1. The quantitative estimate of drug-likeness (QED) is 0.707. The molecule has 1 fully saturated rings. The Hall–Kier alpha value is -1.06. The molecular formula is C13H23NO3. The minimum atomic E-state index is -0.279. The molecule has 17 heavy (non-hydrogen) atoms. The van der Waals surface area contributed by atoms with Gasteiger partial charge in [-0.2, -0.15) is 0 Å². The second-order valence-electron chi connectivity index (χ2n) is 5.35. The molecule has 0 radical (unpaired) electrons. The van der Waals surface area contributed by atoms with Crippen molar-refractivity contribution in [1.29, 1.82) is 0 Å². The van der Waals surface area contributed by atoms with Crippen molar-refractivity contribution in [2.45, 2.75) is 46.5 Å². The molecule has 1 aliphatic heterocycles. The van der Waals surface area contributed by atoms with Crippen LogP contribution < -0.4 is 0 Å². The average molecular weight is 241 g/mol. The van der Waals surface area contributed by atoms with Crippen LogP contribution in [0.2, 0.25) is 0 Å². The fraction of sp³-hybridized carbons (Fsp3) is 0.846. The van der Waals surface area contributed by atoms with E-state index in [9.17, 15) is 9.59 Å². The highest BCUT2D eigenvalue weighted by Gasteiger charge is 2.27. The van der Waals surface area contributed by atoms with Crippen molar-refractivity contribution in [2.24, 2.45) is 5.41 Å². The second-order valence-corrected chi connectivity index (χ2v) is 5.35. The SMILES string of the molecule is CCOC(=O)CCC(=O)N1CCC(C)(C)CC1. The van der Waals surface area contributed by atoms with Gasteiger partial charge in [-0.25, -0.2) is 0 Å². The fourth-order valence-corrected chi connectivity index (χ4v) is 1.96. The number of rotatable bonds is 4. The molecule has 1 heterocycles. The molecule has 0 aromatic carbocycles. The standard InChI is InChI=1S/C13H23NO3/c1-4-17-12(16)6-5-11(15)14-9-7-13(2,3)8-10-14/h4-10H2,1-3H3. The Kier molecular flexibility index (Phi) is 4.97. The summed E-state index contributed by atoms with van der Waals surface area (Å²) < 4.78 is 4.80. The van der Waals surface area contributed by atoms with Gasteiger partial charge in [0.1, 0.15) is 0 Å². The number of hydrogen-bond donors (Lipinski definition) is 0. The maximum Gasteiger partial charge on any atom is 0.306 e. The molecule has 0 aromatic heterocycles. The second kappa shape index (κ2) is 6.03. The lowest BCUT2D eigenvalue weighted by Crippen LogP contribution is -2.41. The van der Waals surface area contributed by atoms with Crippen LogP contribution in [0.15, 0.2) is 0 Å². The van der Waals surface area contributed by atoms with Crippen LogP contribution in [0.3, 0.4) is 0 Å². The third kappa shape index (κ3) is 4.75. The van der Waals surface area contributed by atoms with Crippen molar-refractivity contribution >= 4 is 11.9 Å². The molecule has 0 aromatic rings. The molecule has 1 saturated heterocycles. The van der Waals surface area contributed by atoms with E-state index in [1.54, 1.807) is 6.92 Å². The summed E-state index contributed by atoms with van der Waals surface area (Å²) in [6.07, 6.45) is 2.56. The Bertz CT molecular complexity index is 276. The smallest absolute Gasteiger partial charge is 0.306 e. The van der Waals surface area contributed by atoms with Gasteiger partial charge in [0, 0.05) is 19.5 Å². The van der Waals surface area contributed by atoms with Crippen LogP contribution >= 0.6 is 0 Å². The number of carbonyl (C=O) groups is 2. The summed E-state index contributed by atoms with van der Waals surface area (Å²) in [5, 5.41) is 0. The van der Waals surface area contributed by atoms with Crippen molar-refractivity contribution < 1.29 is 14.3 Å². The summed E-state index contributed by atoms with van der Waals surface area (Å²) in [6.45, 7) is 8.24. The molecule has 1 amide bonds. The van der Waals surface area contributed by atoms with E-state index in [2.05, 4.69) is 13.8 Å². The molecule has 4 nitrogen and oxygen atoms in total. The Balaban J connectivity index is 2.27. The zero-order valence-electron chi connectivity index (χ0n) is 11.1. The van der Waals surface area contributed by atoms with E-state index in [1.807, 2.05) is 4.90 Å². The predicted molar refractivity (Wildman–Crippen MR) is 65.5 cm³/mol. The Morgan fingerprint density at radius 1 is 1.18 bits per heavy atom. The summed E-state index contributed by atoms with van der Waals surface area (Å²) >= 11 is 0. The van der Waals surface area contributed by atoms with Crippen LogP contribution in [0.1, 0.15) is 46.5 Å². The maximum absolute atomic E-state index is 11.8. The lowest BCUT2D eigenvalue weighted by atomic mass is 9.82. The summed E-state index contributed by atoms with van der Waals surface area (Å²) in [7, 11) is 0. The Labute approximate surface area is 103 Å². The number of piperidine rings is 1. The van der Waals surface area contributed by atoms with Gasteiger partial charge < -0.3 is 9.64 Å². The topological polar surface area (TPSA) is 46.6 Å². The van der Waals surface area contributed by atoms with Gasteiger partial charge in [0.25, 0.3) is 0 Å². The molecule has 1 rings (SSSR count). The number of nitrogens with zero attached hydrogens (tertiary/aromatic N) is 1. The van der Waals surface area contributed by atoms with Crippen LogP contribution in [-0.2, 0) is 14.3 Å². The molecule has 1 aliphatic rings. The van der Waals surface area contributed by atoms with E-state index in [0.29, 0.717) is 12.0 Å². The van der Waals surface area contributed by atoms with Gasteiger partial charge in [-0.3, -0.25) is 9.59 Å². The molecular weight excluding hydrogens is 218 g/mol. The molecule has 0 bridgehead atoms. The van der Waals surface area contributed by atoms with Crippen LogP contribution in [0, 0.1) is 5.41 Å². The third-order valence-electron chi connectivity index (χ3n) is 3.32. The first kappa shape index (κ1) is 14.0. The normalized spacial score (nSPS) is 18.9. The highest BCUT2D eigenvalue weighted by molar-refractivity contribution is 5.81. The minimum Gasteiger partial charge on any atom is -0.466 e. The van der Waals surface area contributed by atoms with E-state index in [0.717, 1.165) is 25.9 Å². The van der Waals surface area contributed by atoms with E-state index in [4.69, 9.17) is 4.74 Å². The summed E-state index contributed by atoms with van der Waals surface area (Å²) in [5.41, 5.74) is 0.345. The minimum absolute atomic E-state index is 0.0774. The molecule has 98 valence electrons. The fourth-order valence-electron chi connectivity index (χ4n) is 1.96. The molecule has 0 atom stereocenters. The van der Waals surface area contributed by atoms with Gasteiger partial charge in [0.2, 0.25) is 5.91 Å². The molecule has 0 spiro atoms. The predicted octanol–water partition coefficient (Wildman–Crippen LogP) is 1.98. The number of carbonyl (C=O) groups excluding carboxylic acids is 2. The van der Waals surface area contributed by atoms with Crippen LogP contribution in [-0.4, -0.2) is 36.5 Å². The molecule has 0 aliphatic carbocycles. The highest BCUT2D eigenvalue weighted by Crippen LogP contribution is 2.29. The lowest BCUT2D eigenvalue weighted by Gasteiger charge is -2.36. The van der Waals surface area contributed by atoms with Crippen molar-refractivity contribution in [1.82, 2.24) is 4.90 Å². The van der Waals surface area contributed by atoms with Crippen molar-refractivity contribution in [3.63, 3.8) is 0 Å². The first-order valence-corrected chi connectivity index (χ1v) is 6.38. The van der Waals surface area contributed by atoms with Crippen LogP contribution in [0.25, 0.3) is 0 Å². The maximum atomic E-state index is 11.8. The van der Waals surface area contributed by atoms with Crippen molar-refractivity contribution in [3.05, 3.63) is 0 Å². The van der Waals surface area contributed by atoms with Gasteiger partial charge in [-0.15, -0.1) is 0 Å². The molecule has 0 saturated carbocycles. The van der Waals surface area contributed by atoms with Gasteiger partial charge in [0.05, 0.1) is 13.0 Å². The zero-order valence-corrected chi connectivity index (χ0v) is 11.1. The van der Waals surface area contributed by atoms with E-state index < -0.39 is 0 Å².